The molecule has 0 saturated carbocycles. The van der Waals surface area contributed by atoms with E-state index in [1.807, 2.05) is 73.7 Å². The van der Waals surface area contributed by atoms with Crippen molar-refractivity contribution in [2.45, 2.75) is 18.6 Å². The number of carbonyl (C=O) groups is 4. The largest absolute Gasteiger partial charge is 0.349 e. The molecule has 6 nitrogen and oxygen atoms in total. The first-order valence-electron chi connectivity index (χ1n) is 12.9. The Balaban J connectivity index is 1.34. The smallest absolute Gasteiger partial charge is 0.241 e. The number of aryl methyl sites for hydroxylation is 1. The minimum atomic E-state index is -2.07. The molecule has 0 N–H and O–H groups in total. The van der Waals surface area contributed by atoms with Gasteiger partial charge in [-0.2, -0.15) is 0 Å². The average molecular weight is 514 g/mol. The van der Waals surface area contributed by atoms with Gasteiger partial charge in [-0.1, -0.05) is 96.6 Å². The highest BCUT2D eigenvalue weighted by Gasteiger charge is 2.74. The molecular formula is C33H23NO5. The van der Waals surface area contributed by atoms with Crippen LogP contribution in [-0.4, -0.2) is 29.0 Å². The van der Waals surface area contributed by atoms with Crippen LogP contribution in [0.15, 0.2) is 103 Å². The van der Waals surface area contributed by atoms with Crippen molar-refractivity contribution in [3.8, 4) is 11.1 Å². The van der Waals surface area contributed by atoms with Crippen LogP contribution in [0, 0.1) is 18.8 Å². The first kappa shape index (κ1) is 23.4. The number of anilines is 1. The number of ether oxygens (including phenoxy) is 1. The van der Waals surface area contributed by atoms with Crippen molar-refractivity contribution in [2.75, 3.05) is 4.90 Å². The van der Waals surface area contributed by atoms with Gasteiger partial charge in [-0.05, 0) is 35.7 Å². The fourth-order valence-electron chi connectivity index (χ4n) is 6.26. The van der Waals surface area contributed by atoms with Gasteiger partial charge < -0.3 is 4.74 Å². The van der Waals surface area contributed by atoms with Crippen LogP contribution in [0.2, 0.25) is 0 Å². The van der Waals surface area contributed by atoms with Gasteiger partial charge in [0.25, 0.3) is 0 Å². The summed E-state index contributed by atoms with van der Waals surface area (Å²) in [5.41, 5.74) is 2.36. The molecule has 6 heteroatoms. The standard InChI is InChI=1S/C33H23NO5/c1-19-11-13-22(14-12-19)28-26-27(33(39-28)29(35)24-9-5-6-10-25(24)30(33)36)32(38)34(31(26)37)23-17-15-21(16-18-23)20-7-3-2-4-8-20/h2-18,26-28H,1H3/t26-,27-,28+/m0/s1. The van der Waals surface area contributed by atoms with Crippen LogP contribution in [0.4, 0.5) is 5.69 Å². The van der Waals surface area contributed by atoms with Gasteiger partial charge in [-0.15, -0.1) is 0 Å². The van der Waals surface area contributed by atoms with Gasteiger partial charge >= 0.3 is 0 Å². The number of nitrogens with zero attached hydrogens (tertiary/aromatic N) is 1. The summed E-state index contributed by atoms with van der Waals surface area (Å²) in [6.07, 6.45) is -0.928. The molecule has 3 atom stereocenters. The Morgan fingerprint density at radius 2 is 1.21 bits per heavy atom. The molecule has 2 aliphatic heterocycles. The van der Waals surface area contributed by atoms with Gasteiger partial charge in [0.1, 0.15) is 0 Å². The monoisotopic (exact) mass is 513 g/mol. The number of hydrogen-bond acceptors (Lipinski definition) is 5. The minimum Gasteiger partial charge on any atom is -0.349 e. The molecule has 0 unspecified atom stereocenters. The second-order valence-electron chi connectivity index (χ2n) is 10.3. The van der Waals surface area contributed by atoms with Gasteiger partial charge in [-0.3, -0.25) is 19.2 Å². The van der Waals surface area contributed by atoms with Crippen LogP contribution in [0.25, 0.3) is 11.1 Å². The molecule has 190 valence electrons. The van der Waals surface area contributed by atoms with E-state index in [0.717, 1.165) is 21.6 Å². The molecule has 1 aliphatic carbocycles. The number of imide groups is 1. The number of carbonyl (C=O) groups excluding carboxylic acids is 4. The zero-order chi connectivity index (χ0) is 26.9. The Bertz CT molecular complexity index is 1640. The third-order valence-corrected chi connectivity index (χ3v) is 8.16. The van der Waals surface area contributed by atoms with Crippen LogP contribution in [0.5, 0.6) is 0 Å². The lowest BCUT2D eigenvalue weighted by Crippen LogP contribution is -2.51. The lowest BCUT2D eigenvalue weighted by Gasteiger charge is -2.27. The average Bonchev–Trinajstić information content (AvgIpc) is 3.54. The molecule has 0 bridgehead atoms. The Hall–Kier alpha value is -4.68. The molecule has 4 aromatic carbocycles. The number of ketones is 2. The Morgan fingerprint density at radius 3 is 1.82 bits per heavy atom. The van der Waals surface area contributed by atoms with E-state index in [4.69, 9.17) is 4.74 Å². The predicted molar refractivity (Wildman–Crippen MR) is 144 cm³/mol. The fraction of sp³-hybridized carbons (Fsp3) is 0.152. The molecule has 2 saturated heterocycles. The zero-order valence-corrected chi connectivity index (χ0v) is 21.0. The highest BCUT2D eigenvalue weighted by Crippen LogP contribution is 2.57. The van der Waals surface area contributed by atoms with E-state index >= 15 is 0 Å². The van der Waals surface area contributed by atoms with Crippen molar-refractivity contribution in [2.24, 2.45) is 11.8 Å². The summed E-state index contributed by atoms with van der Waals surface area (Å²) >= 11 is 0. The lowest BCUT2D eigenvalue weighted by molar-refractivity contribution is -0.127. The predicted octanol–water partition coefficient (Wildman–Crippen LogP) is 5.36. The van der Waals surface area contributed by atoms with Crippen LogP contribution in [0.1, 0.15) is 37.9 Å². The van der Waals surface area contributed by atoms with E-state index < -0.39 is 46.9 Å². The first-order chi connectivity index (χ1) is 18.9. The van der Waals surface area contributed by atoms with Crippen molar-refractivity contribution in [1.29, 1.82) is 0 Å². The SMILES string of the molecule is Cc1ccc([C@H]2OC3(C(=O)c4ccccc4C3=O)[C@@H]3C(=O)N(c4ccc(-c5ccccc5)cc4)C(=O)[C@H]23)cc1. The molecular weight excluding hydrogens is 490 g/mol. The van der Waals surface area contributed by atoms with E-state index in [1.54, 1.807) is 36.4 Å². The number of amides is 2. The first-order valence-corrected chi connectivity index (χ1v) is 12.9. The summed E-state index contributed by atoms with van der Waals surface area (Å²) in [7, 11) is 0. The molecule has 0 radical (unpaired) electrons. The van der Waals surface area contributed by atoms with E-state index in [1.165, 1.54) is 0 Å². The number of fused-ring (bicyclic) bond motifs is 3. The highest BCUT2D eigenvalue weighted by molar-refractivity contribution is 6.37. The van der Waals surface area contributed by atoms with Gasteiger partial charge in [0.2, 0.25) is 29.0 Å². The van der Waals surface area contributed by atoms with Crippen molar-refractivity contribution >= 4 is 29.1 Å². The third kappa shape index (κ3) is 3.18. The Morgan fingerprint density at radius 1 is 0.641 bits per heavy atom. The third-order valence-electron chi connectivity index (χ3n) is 8.16. The van der Waals surface area contributed by atoms with Gasteiger partial charge in [0.05, 0.1) is 23.6 Å². The number of benzene rings is 4. The van der Waals surface area contributed by atoms with Crippen LogP contribution >= 0.6 is 0 Å². The number of hydrogen-bond donors (Lipinski definition) is 0. The van der Waals surface area contributed by atoms with E-state index in [0.29, 0.717) is 11.3 Å². The topological polar surface area (TPSA) is 80.8 Å². The van der Waals surface area contributed by atoms with Crippen molar-refractivity contribution in [3.63, 3.8) is 0 Å². The maximum Gasteiger partial charge on any atom is 0.241 e. The van der Waals surface area contributed by atoms with Crippen LogP contribution < -0.4 is 4.90 Å². The summed E-state index contributed by atoms with van der Waals surface area (Å²) in [6, 6.07) is 30.8. The molecule has 7 rings (SSSR count). The molecule has 4 aromatic rings. The summed E-state index contributed by atoms with van der Waals surface area (Å²) in [5, 5.41) is 0. The molecule has 3 aliphatic rings. The van der Waals surface area contributed by atoms with Crippen LogP contribution in [-0.2, 0) is 14.3 Å². The Labute approximate surface area is 224 Å². The lowest BCUT2D eigenvalue weighted by atomic mass is 9.77. The molecule has 2 fully saturated rings. The van der Waals surface area contributed by atoms with Crippen LogP contribution in [0.3, 0.4) is 0 Å². The molecule has 2 amide bonds. The summed E-state index contributed by atoms with van der Waals surface area (Å²) in [5.74, 6) is -4.47. The van der Waals surface area contributed by atoms with Gasteiger partial charge in [0, 0.05) is 11.1 Å². The van der Waals surface area contributed by atoms with Gasteiger partial charge in [0.15, 0.2) is 0 Å². The summed E-state index contributed by atoms with van der Waals surface area (Å²) < 4.78 is 6.34. The molecule has 1 spiro atoms. The molecule has 0 aromatic heterocycles. The second-order valence-corrected chi connectivity index (χ2v) is 10.3. The molecule has 2 heterocycles. The van der Waals surface area contributed by atoms with E-state index in [-0.39, 0.29) is 11.1 Å². The Kier molecular flexibility index (Phi) is 5.06. The minimum absolute atomic E-state index is 0.219. The molecule has 39 heavy (non-hydrogen) atoms. The van der Waals surface area contributed by atoms with Gasteiger partial charge in [-0.25, -0.2) is 4.90 Å². The maximum atomic E-state index is 14.1. The van der Waals surface area contributed by atoms with E-state index in [9.17, 15) is 19.2 Å². The van der Waals surface area contributed by atoms with Crippen molar-refractivity contribution in [1.82, 2.24) is 0 Å². The zero-order valence-electron chi connectivity index (χ0n) is 21.0. The van der Waals surface area contributed by atoms with Crippen molar-refractivity contribution < 1.29 is 23.9 Å². The normalized spacial score (nSPS) is 23.0. The highest BCUT2D eigenvalue weighted by atomic mass is 16.5. The maximum absolute atomic E-state index is 14.1. The second kappa shape index (κ2) is 8.41. The fourth-order valence-corrected chi connectivity index (χ4v) is 6.26. The summed E-state index contributed by atoms with van der Waals surface area (Å²) in [4.78, 5) is 57.0. The van der Waals surface area contributed by atoms with Crippen molar-refractivity contribution in [3.05, 3.63) is 125 Å². The van der Waals surface area contributed by atoms with E-state index in [2.05, 4.69) is 0 Å². The number of Topliss-reactive ketones (excluding diaryl/α,β-unsaturated/α-hetero) is 2. The number of rotatable bonds is 3. The quantitative estimate of drug-likeness (QED) is 0.272. The summed E-state index contributed by atoms with van der Waals surface area (Å²) in [6.45, 7) is 1.94.